The van der Waals surface area contributed by atoms with Crippen LogP contribution in [0.5, 0.6) is 0 Å². The highest BCUT2D eigenvalue weighted by atomic mass is 79.9. The highest BCUT2D eigenvalue weighted by Gasteiger charge is 2.15. The standard InChI is InChI=1S/C24H21BrClN5OS/c25-17-5-4-6-20(15-17)28-23(32)13-14-33-24-30-29-22(31(24)21-7-2-1-3-8-21)16-27-19-11-9-18(26)10-12-19/h1-12,15,27H,13-14,16H2,(H,28,32). The molecule has 0 bridgehead atoms. The number of aromatic nitrogens is 3. The van der Waals surface area contributed by atoms with Gasteiger partial charge in [0.25, 0.3) is 0 Å². The number of benzene rings is 3. The molecule has 0 unspecified atom stereocenters. The summed E-state index contributed by atoms with van der Waals surface area (Å²) in [5.74, 6) is 1.31. The normalized spacial score (nSPS) is 10.7. The van der Waals surface area contributed by atoms with E-state index in [1.807, 2.05) is 83.4 Å². The Hall–Kier alpha value is -2.81. The van der Waals surface area contributed by atoms with E-state index in [1.54, 1.807) is 0 Å². The van der Waals surface area contributed by atoms with E-state index in [-0.39, 0.29) is 5.91 Å². The third-order valence-corrected chi connectivity index (χ3v) is 6.35. The predicted molar refractivity (Wildman–Crippen MR) is 138 cm³/mol. The molecule has 1 amide bonds. The second-order valence-corrected chi connectivity index (χ2v) is 9.50. The first-order valence-electron chi connectivity index (χ1n) is 10.3. The van der Waals surface area contributed by atoms with E-state index in [4.69, 9.17) is 11.6 Å². The average molecular weight is 543 g/mol. The Balaban J connectivity index is 1.42. The number of para-hydroxylation sites is 1. The van der Waals surface area contributed by atoms with Gasteiger partial charge in [0.15, 0.2) is 11.0 Å². The molecule has 0 radical (unpaired) electrons. The second kappa shape index (κ2) is 11.4. The van der Waals surface area contributed by atoms with E-state index in [0.717, 1.165) is 32.5 Å². The fourth-order valence-electron chi connectivity index (χ4n) is 3.12. The molecule has 0 aliphatic heterocycles. The van der Waals surface area contributed by atoms with Crippen molar-refractivity contribution in [2.75, 3.05) is 16.4 Å². The number of hydrogen-bond donors (Lipinski definition) is 2. The average Bonchev–Trinajstić information content (AvgIpc) is 3.22. The van der Waals surface area contributed by atoms with E-state index in [9.17, 15) is 4.79 Å². The van der Waals surface area contributed by atoms with E-state index < -0.39 is 0 Å². The van der Waals surface area contributed by atoms with Gasteiger partial charge in [-0.3, -0.25) is 9.36 Å². The number of amides is 1. The van der Waals surface area contributed by atoms with Crippen molar-refractivity contribution in [2.45, 2.75) is 18.1 Å². The summed E-state index contributed by atoms with van der Waals surface area (Å²) in [5.41, 5.74) is 2.68. The fourth-order valence-corrected chi connectivity index (χ4v) is 4.55. The summed E-state index contributed by atoms with van der Waals surface area (Å²) >= 11 is 10.9. The Bertz CT molecular complexity index is 1220. The van der Waals surface area contributed by atoms with Gasteiger partial charge in [-0.1, -0.05) is 63.6 Å². The monoisotopic (exact) mass is 541 g/mol. The van der Waals surface area contributed by atoms with Gasteiger partial charge in [-0.15, -0.1) is 10.2 Å². The summed E-state index contributed by atoms with van der Waals surface area (Å²) in [6.07, 6.45) is 0.358. The van der Waals surface area contributed by atoms with Crippen molar-refractivity contribution < 1.29 is 4.79 Å². The number of thioether (sulfide) groups is 1. The van der Waals surface area contributed by atoms with Crippen molar-refractivity contribution in [1.29, 1.82) is 0 Å². The van der Waals surface area contributed by atoms with Gasteiger partial charge in [-0.05, 0) is 54.6 Å². The van der Waals surface area contributed by atoms with Crippen LogP contribution < -0.4 is 10.6 Å². The molecule has 0 aliphatic rings. The first-order valence-corrected chi connectivity index (χ1v) is 12.4. The van der Waals surface area contributed by atoms with Crippen LogP contribution >= 0.6 is 39.3 Å². The van der Waals surface area contributed by atoms with E-state index in [2.05, 4.69) is 36.8 Å². The van der Waals surface area contributed by atoms with Gasteiger partial charge in [-0.25, -0.2) is 0 Å². The van der Waals surface area contributed by atoms with Crippen LogP contribution in [0.15, 0.2) is 88.5 Å². The summed E-state index contributed by atoms with van der Waals surface area (Å²) in [4.78, 5) is 12.4. The van der Waals surface area contributed by atoms with Crippen LogP contribution in [-0.2, 0) is 11.3 Å². The highest BCUT2D eigenvalue weighted by Crippen LogP contribution is 2.24. The Morgan fingerprint density at radius 2 is 1.76 bits per heavy atom. The largest absolute Gasteiger partial charge is 0.378 e. The number of hydrogen-bond acceptors (Lipinski definition) is 5. The number of carbonyl (C=O) groups is 1. The van der Waals surface area contributed by atoms with Crippen molar-refractivity contribution in [3.05, 3.63) is 94.2 Å². The number of anilines is 2. The first-order chi connectivity index (χ1) is 16.1. The van der Waals surface area contributed by atoms with E-state index in [1.165, 1.54) is 11.8 Å². The Kier molecular flexibility index (Phi) is 8.04. The van der Waals surface area contributed by atoms with Crippen molar-refractivity contribution in [3.63, 3.8) is 0 Å². The van der Waals surface area contributed by atoms with Crippen LogP contribution in [0.1, 0.15) is 12.2 Å². The number of carbonyl (C=O) groups excluding carboxylic acids is 1. The molecule has 1 aromatic heterocycles. The van der Waals surface area contributed by atoms with Crippen molar-refractivity contribution in [3.8, 4) is 5.69 Å². The lowest BCUT2D eigenvalue weighted by atomic mass is 10.3. The maximum atomic E-state index is 12.4. The molecular weight excluding hydrogens is 522 g/mol. The second-order valence-electron chi connectivity index (χ2n) is 7.09. The van der Waals surface area contributed by atoms with Gasteiger partial charge in [-0.2, -0.15) is 0 Å². The lowest BCUT2D eigenvalue weighted by Gasteiger charge is -2.11. The third kappa shape index (κ3) is 6.60. The minimum Gasteiger partial charge on any atom is -0.378 e. The van der Waals surface area contributed by atoms with Crippen LogP contribution in [0.4, 0.5) is 11.4 Å². The molecule has 0 aliphatic carbocycles. The van der Waals surface area contributed by atoms with Gasteiger partial charge in [0.2, 0.25) is 5.91 Å². The van der Waals surface area contributed by atoms with Gasteiger partial charge in [0.1, 0.15) is 0 Å². The van der Waals surface area contributed by atoms with Crippen LogP contribution in [-0.4, -0.2) is 26.4 Å². The molecule has 4 aromatic rings. The Morgan fingerprint density at radius 1 is 0.970 bits per heavy atom. The summed E-state index contributed by atoms with van der Waals surface area (Å²) in [5, 5.41) is 16.5. The molecule has 9 heteroatoms. The molecule has 33 heavy (non-hydrogen) atoms. The Morgan fingerprint density at radius 3 is 2.52 bits per heavy atom. The summed E-state index contributed by atoms with van der Waals surface area (Å²) in [6.45, 7) is 0.494. The smallest absolute Gasteiger partial charge is 0.225 e. The van der Waals surface area contributed by atoms with Gasteiger partial charge < -0.3 is 10.6 Å². The first kappa shape index (κ1) is 23.4. The molecule has 168 valence electrons. The maximum absolute atomic E-state index is 12.4. The fraction of sp³-hybridized carbons (Fsp3) is 0.125. The molecule has 2 N–H and O–H groups in total. The topological polar surface area (TPSA) is 71.8 Å². The zero-order valence-corrected chi connectivity index (χ0v) is 20.7. The van der Waals surface area contributed by atoms with Crippen LogP contribution in [0.3, 0.4) is 0 Å². The number of nitrogens with zero attached hydrogens (tertiary/aromatic N) is 3. The van der Waals surface area contributed by atoms with Gasteiger partial charge in [0, 0.05) is 38.7 Å². The molecule has 3 aromatic carbocycles. The molecule has 1 heterocycles. The van der Waals surface area contributed by atoms with Crippen LogP contribution in [0.25, 0.3) is 5.69 Å². The van der Waals surface area contributed by atoms with Crippen molar-refractivity contribution >= 4 is 56.6 Å². The minimum atomic E-state index is -0.0454. The molecule has 0 atom stereocenters. The molecule has 0 spiro atoms. The van der Waals surface area contributed by atoms with E-state index >= 15 is 0 Å². The van der Waals surface area contributed by atoms with Crippen LogP contribution in [0.2, 0.25) is 5.02 Å². The van der Waals surface area contributed by atoms with E-state index in [0.29, 0.717) is 23.7 Å². The van der Waals surface area contributed by atoms with Gasteiger partial charge >= 0.3 is 0 Å². The Labute approximate surface area is 209 Å². The minimum absolute atomic E-state index is 0.0454. The number of rotatable bonds is 9. The third-order valence-electron chi connectivity index (χ3n) is 4.68. The zero-order chi connectivity index (χ0) is 23.0. The lowest BCUT2D eigenvalue weighted by molar-refractivity contribution is -0.115. The molecule has 6 nitrogen and oxygen atoms in total. The molecule has 0 fully saturated rings. The SMILES string of the molecule is O=C(CCSc1nnc(CNc2ccc(Cl)cc2)n1-c1ccccc1)Nc1cccc(Br)c1. The lowest BCUT2D eigenvalue weighted by Crippen LogP contribution is -2.12. The van der Waals surface area contributed by atoms with Gasteiger partial charge in [0.05, 0.1) is 6.54 Å². The molecule has 0 saturated heterocycles. The number of halogens is 2. The predicted octanol–water partition coefficient (Wildman–Crippen LogP) is 6.42. The zero-order valence-electron chi connectivity index (χ0n) is 17.5. The molecular formula is C24H21BrClN5OS. The summed E-state index contributed by atoms with van der Waals surface area (Å²) in [6, 6.07) is 25.0. The van der Waals surface area contributed by atoms with Crippen molar-refractivity contribution in [1.82, 2.24) is 14.8 Å². The summed E-state index contributed by atoms with van der Waals surface area (Å²) in [7, 11) is 0. The molecule has 4 rings (SSSR count). The highest BCUT2D eigenvalue weighted by molar-refractivity contribution is 9.10. The summed E-state index contributed by atoms with van der Waals surface area (Å²) < 4.78 is 2.94. The molecule has 0 saturated carbocycles. The van der Waals surface area contributed by atoms with Crippen LogP contribution in [0, 0.1) is 0 Å². The quantitative estimate of drug-likeness (QED) is 0.239. The maximum Gasteiger partial charge on any atom is 0.225 e. The van der Waals surface area contributed by atoms with Crippen molar-refractivity contribution in [2.24, 2.45) is 0 Å². The number of nitrogens with one attached hydrogen (secondary N) is 2.